The Kier molecular flexibility index (Phi) is 7.80. The Bertz CT molecular complexity index is 1930. The summed E-state index contributed by atoms with van der Waals surface area (Å²) in [6.45, 7) is 3.48. The smallest absolute Gasteiger partial charge is 0.224 e. The average Bonchev–Trinajstić information content (AvgIpc) is 3.60. The number of hydrogen-bond acceptors (Lipinski definition) is 7. The van der Waals surface area contributed by atoms with Crippen LogP contribution in [0.4, 0.5) is 15.8 Å². The van der Waals surface area contributed by atoms with E-state index in [-0.39, 0.29) is 11.7 Å². The molecule has 4 aromatic heterocycles. The van der Waals surface area contributed by atoms with E-state index >= 15 is 0 Å². The van der Waals surface area contributed by atoms with Crippen molar-refractivity contribution in [3.05, 3.63) is 73.1 Å². The number of likely N-dealkylation sites (N-methyl/N-ethyl adjacent to an activating group) is 1. The third-order valence-corrected chi connectivity index (χ3v) is 7.11. The predicted molar refractivity (Wildman–Crippen MR) is 168 cm³/mol. The number of aromatic nitrogens is 6. The van der Waals surface area contributed by atoms with Crippen LogP contribution in [-0.2, 0) is 4.79 Å². The quantitative estimate of drug-likeness (QED) is 0.155. The minimum Gasteiger partial charge on any atom is -0.384 e. The molecule has 0 radical (unpaired) electrons. The minimum atomic E-state index is -0.341. The van der Waals surface area contributed by atoms with Gasteiger partial charge in [0.1, 0.15) is 11.5 Å². The number of rotatable bonds is 10. The van der Waals surface area contributed by atoms with Crippen molar-refractivity contribution in [1.82, 2.24) is 35.0 Å². The predicted octanol–water partition coefficient (Wildman–Crippen LogP) is 6.08. The molecule has 0 atom stereocenters. The number of carbonyl (C=O) groups excluding carboxylic acids is 1. The second-order valence-electron chi connectivity index (χ2n) is 10.7. The van der Waals surface area contributed by atoms with E-state index in [1.54, 1.807) is 24.8 Å². The van der Waals surface area contributed by atoms with Crippen LogP contribution in [0.3, 0.4) is 0 Å². The van der Waals surface area contributed by atoms with Crippen molar-refractivity contribution < 1.29 is 9.18 Å². The van der Waals surface area contributed by atoms with Crippen LogP contribution in [-0.4, -0.2) is 68.1 Å². The monoisotopic (exact) mass is 577 g/mol. The standard InChI is InChI=1S/C32H32FN9O/c1-4-5-29(43)37-24-12-21(15-34-16-24)19-6-7-27-25(13-19)31(41-40-27)32-38-28-18-35-17-26(30(28)39-32)20-10-22(33)14-23(11-20)36-8-9-42(2)3/h6-7,10-18,36H,4-5,8-9H2,1-3H3,(H,37,43)(H,38,39)(H,40,41). The highest BCUT2D eigenvalue weighted by Crippen LogP contribution is 2.34. The zero-order chi connectivity index (χ0) is 29.9. The maximum atomic E-state index is 14.7. The highest BCUT2D eigenvalue weighted by Gasteiger charge is 2.17. The molecule has 10 nitrogen and oxygen atoms in total. The van der Waals surface area contributed by atoms with Gasteiger partial charge in [0.15, 0.2) is 5.82 Å². The fourth-order valence-electron chi connectivity index (χ4n) is 5.02. The van der Waals surface area contributed by atoms with Gasteiger partial charge in [-0.15, -0.1) is 0 Å². The summed E-state index contributed by atoms with van der Waals surface area (Å²) in [7, 11) is 3.99. The van der Waals surface area contributed by atoms with Gasteiger partial charge in [0.2, 0.25) is 5.91 Å². The van der Waals surface area contributed by atoms with E-state index < -0.39 is 0 Å². The number of pyridine rings is 2. The third kappa shape index (κ3) is 6.07. The molecular formula is C32H32FN9O. The zero-order valence-corrected chi connectivity index (χ0v) is 24.2. The number of hydrogen-bond donors (Lipinski definition) is 4. The van der Waals surface area contributed by atoms with E-state index in [4.69, 9.17) is 4.98 Å². The van der Waals surface area contributed by atoms with Crippen LogP contribution in [0, 0.1) is 5.82 Å². The van der Waals surface area contributed by atoms with Crippen molar-refractivity contribution in [3.63, 3.8) is 0 Å². The van der Waals surface area contributed by atoms with Crippen molar-refractivity contribution in [2.24, 2.45) is 0 Å². The summed E-state index contributed by atoms with van der Waals surface area (Å²) in [6, 6.07) is 12.7. The molecule has 0 aliphatic rings. The van der Waals surface area contributed by atoms with Gasteiger partial charge in [-0.25, -0.2) is 9.37 Å². The Labute approximate surface area is 247 Å². The highest BCUT2D eigenvalue weighted by molar-refractivity contribution is 5.98. The maximum absolute atomic E-state index is 14.7. The molecule has 0 saturated carbocycles. The second kappa shape index (κ2) is 12.0. The van der Waals surface area contributed by atoms with Crippen LogP contribution >= 0.6 is 0 Å². The van der Waals surface area contributed by atoms with Gasteiger partial charge < -0.3 is 20.5 Å². The van der Waals surface area contributed by atoms with E-state index in [1.165, 1.54) is 12.1 Å². The van der Waals surface area contributed by atoms with E-state index in [0.29, 0.717) is 58.0 Å². The molecule has 11 heteroatoms. The molecule has 0 aliphatic heterocycles. The van der Waals surface area contributed by atoms with Crippen LogP contribution < -0.4 is 10.6 Å². The maximum Gasteiger partial charge on any atom is 0.224 e. The van der Waals surface area contributed by atoms with Gasteiger partial charge in [-0.05, 0) is 68.0 Å². The number of amides is 1. The van der Waals surface area contributed by atoms with E-state index in [0.717, 1.165) is 35.0 Å². The van der Waals surface area contributed by atoms with Crippen molar-refractivity contribution in [2.75, 3.05) is 37.8 Å². The number of nitrogens with zero attached hydrogens (tertiary/aromatic N) is 5. The van der Waals surface area contributed by atoms with Gasteiger partial charge in [-0.2, -0.15) is 5.10 Å². The number of halogens is 1. The Balaban J connectivity index is 1.35. The van der Waals surface area contributed by atoms with Crippen LogP contribution in [0.25, 0.3) is 55.7 Å². The first-order valence-electron chi connectivity index (χ1n) is 14.1. The molecule has 218 valence electrons. The molecule has 43 heavy (non-hydrogen) atoms. The lowest BCUT2D eigenvalue weighted by molar-refractivity contribution is -0.116. The molecule has 1 amide bonds. The summed E-state index contributed by atoms with van der Waals surface area (Å²) in [4.78, 5) is 31.1. The van der Waals surface area contributed by atoms with Crippen LogP contribution in [0.5, 0.6) is 0 Å². The molecule has 6 aromatic rings. The molecular weight excluding hydrogens is 545 g/mol. The molecule has 0 saturated heterocycles. The average molecular weight is 578 g/mol. The topological polar surface area (TPSA) is 128 Å². The number of H-pyrrole nitrogens is 2. The first-order chi connectivity index (χ1) is 20.9. The van der Waals surface area contributed by atoms with Crippen LogP contribution in [0.15, 0.2) is 67.3 Å². The summed E-state index contributed by atoms with van der Waals surface area (Å²) in [5, 5.41) is 14.7. The van der Waals surface area contributed by atoms with Gasteiger partial charge in [0, 0.05) is 54.1 Å². The number of benzene rings is 2. The molecule has 0 unspecified atom stereocenters. The molecule has 4 N–H and O–H groups in total. The lowest BCUT2D eigenvalue weighted by Crippen LogP contribution is -2.20. The van der Waals surface area contributed by atoms with Gasteiger partial charge in [0.25, 0.3) is 0 Å². The SMILES string of the molecule is CCCC(=O)Nc1cncc(-c2ccc3[nH]nc(-c4nc5c(-c6cc(F)cc(NCCN(C)C)c6)cncc5[nH]4)c3c2)c1. The molecule has 0 bridgehead atoms. The van der Waals surface area contributed by atoms with Crippen LogP contribution in [0.1, 0.15) is 19.8 Å². The second-order valence-corrected chi connectivity index (χ2v) is 10.7. The minimum absolute atomic E-state index is 0.0391. The molecule has 2 aromatic carbocycles. The van der Waals surface area contributed by atoms with Gasteiger partial charge >= 0.3 is 0 Å². The summed E-state index contributed by atoms with van der Waals surface area (Å²) in [5.41, 5.74) is 7.38. The first kappa shape index (κ1) is 28.0. The normalized spacial score (nSPS) is 11.5. The first-order valence-corrected chi connectivity index (χ1v) is 14.1. The van der Waals surface area contributed by atoms with Crippen molar-refractivity contribution in [1.29, 1.82) is 0 Å². The Morgan fingerprint density at radius 1 is 0.930 bits per heavy atom. The Morgan fingerprint density at radius 2 is 1.77 bits per heavy atom. The number of carbonyl (C=O) groups is 1. The molecule has 4 heterocycles. The number of fused-ring (bicyclic) bond motifs is 2. The Morgan fingerprint density at radius 3 is 2.60 bits per heavy atom. The van der Waals surface area contributed by atoms with Crippen molar-refractivity contribution >= 4 is 39.2 Å². The molecule has 0 spiro atoms. The molecule has 0 fully saturated rings. The number of anilines is 2. The summed E-state index contributed by atoms with van der Waals surface area (Å²) < 4.78 is 14.7. The van der Waals surface area contributed by atoms with E-state index in [1.807, 2.05) is 51.4 Å². The fourth-order valence-corrected chi connectivity index (χ4v) is 5.02. The van der Waals surface area contributed by atoms with Crippen molar-refractivity contribution in [2.45, 2.75) is 19.8 Å². The lowest BCUT2D eigenvalue weighted by Gasteiger charge is -2.12. The fraction of sp³-hybridized carbons (Fsp3) is 0.219. The highest BCUT2D eigenvalue weighted by atomic mass is 19.1. The van der Waals surface area contributed by atoms with Gasteiger partial charge in [0.05, 0.1) is 34.6 Å². The molecule has 6 rings (SSSR count). The van der Waals surface area contributed by atoms with Gasteiger partial charge in [-0.3, -0.25) is 19.9 Å². The number of imidazole rings is 1. The summed E-state index contributed by atoms with van der Waals surface area (Å²) in [5.74, 6) is 0.182. The number of nitrogens with one attached hydrogen (secondary N) is 4. The lowest BCUT2D eigenvalue weighted by atomic mass is 10.0. The Hall–Kier alpha value is -5.16. The van der Waals surface area contributed by atoms with Crippen LogP contribution in [0.2, 0.25) is 0 Å². The third-order valence-electron chi connectivity index (χ3n) is 7.11. The zero-order valence-electron chi connectivity index (χ0n) is 24.2. The van der Waals surface area contributed by atoms with E-state index in [2.05, 4.69) is 40.7 Å². The van der Waals surface area contributed by atoms with Crippen molar-refractivity contribution in [3.8, 4) is 33.8 Å². The largest absolute Gasteiger partial charge is 0.384 e. The summed E-state index contributed by atoms with van der Waals surface area (Å²) >= 11 is 0. The molecule has 0 aliphatic carbocycles. The summed E-state index contributed by atoms with van der Waals surface area (Å²) in [6.07, 6.45) is 8.03. The number of aromatic amines is 2. The van der Waals surface area contributed by atoms with E-state index in [9.17, 15) is 9.18 Å². The van der Waals surface area contributed by atoms with Gasteiger partial charge in [-0.1, -0.05) is 13.0 Å².